The highest BCUT2D eigenvalue weighted by Crippen LogP contribution is 2.41. The van der Waals surface area contributed by atoms with Gasteiger partial charge in [-0.25, -0.2) is 0 Å². The SMILES string of the molecule is O=[N+]([O-])c1c(Cl)cc(Br)cc1C(F)(F)F. The van der Waals surface area contributed by atoms with Crippen LogP contribution < -0.4 is 0 Å². The number of hydrogen-bond acceptors (Lipinski definition) is 2. The molecule has 0 heterocycles. The number of alkyl halides is 3. The lowest BCUT2D eigenvalue weighted by Gasteiger charge is -2.08. The van der Waals surface area contributed by atoms with Crippen molar-refractivity contribution in [3.05, 3.63) is 37.3 Å². The van der Waals surface area contributed by atoms with Gasteiger partial charge in [-0.2, -0.15) is 13.2 Å². The maximum atomic E-state index is 12.4. The van der Waals surface area contributed by atoms with Crippen LogP contribution in [0.4, 0.5) is 18.9 Å². The standard InChI is InChI=1S/C7H2BrClF3NO2/c8-3-1-4(7(10,11)12)6(13(14)15)5(9)2-3/h1-2H. The summed E-state index contributed by atoms with van der Waals surface area (Å²) in [4.78, 5) is 9.25. The summed E-state index contributed by atoms with van der Waals surface area (Å²) >= 11 is 8.15. The lowest BCUT2D eigenvalue weighted by atomic mass is 10.2. The average molecular weight is 304 g/mol. The lowest BCUT2D eigenvalue weighted by molar-refractivity contribution is -0.387. The van der Waals surface area contributed by atoms with E-state index >= 15 is 0 Å². The molecule has 0 saturated heterocycles. The Labute approximate surface area is 95.1 Å². The Bertz CT molecular complexity index is 421. The van der Waals surface area contributed by atoms with Gasteiger partial charge < -0.3 is 0 Å². The molecule has 1 aromatic carbocycles. The van der Waals surface area contributed by atoms with Crippen LogP contribution in [0.25, 0.3) is 0 Å². The molecule has 0 atom stereocenters. The third-order valence-corrected chi connectivity index (χ3v) is 2.26. The minimum absolute atomic E-state index is 0.0328. The fourth-order valence-electron chi connectivity index (χ4n) is 0.968. The van der Waals surface area contributed by atoms with Crippen LogP contribution in [-0.2, 0) is 6.18 Å². The van der Waals surface area contributed by atoms with Gasteiger partial charge in [0.2, 0.25) is 0 Å². The van der Waals surface area contributed by atoms with E-state index in [0.717, 1.165) is 6.07 Å². The third-order valence-electron chi connectivity index (χ3n) is 1.52. The van der Waals surface area contributed by atoms with Gasteiger partial charge in [0.25, 0.3) is 5.69 Å². The minimum Gasteiger partial charge on any atom is -0.258 e. The summed E-state index contributed by atoms with van der Waals surface area (Å²) in [6.45, 7) is 0. The summed E-state index contributed by atoms with van der Waals surface area (Å²) in [5.41, 5.74) is -2.50. The predicted octanol–water partition coefficient (Wildman–Crippen LogP) is 4.03. The molecule has 0 aliphatic carbocycles. The minimum atomic E-state index is -4.81. The molecule has 0 unspecified atom stereocenters. The van der Waals surface area contributed by atoms with Crippen molar-refractivity contribution in [3.63, 3.8) is 0 Å². The number of halogens is 5. The van der Waals surface area contributed by atoms with E-state index in [4.69, 9.17) is 11.6 Å². The van der Waals surface area contributed by atoms with E-state index in [1.165, 1.54) is 0 Å². The van der Waals surface area contributed by atoms with Crippen molar-refractivity contribution in [1.29, 1.82) is 0 Å². The van der Waals surface area contributed by atoms with Crippen molar-refractivity contribution in [2.45, 2.75) is 6.18 Å². The molecular formula is C7H2BrClF3NO2. The Balaban J connectivity index is 3.54. The molecule has 0 radical (unpaired) electrons. The van der Waals surface area contributed by atoms with Crippen LogP contribution in [0.3, 0.4) is 0 Å². The molecule has 15 heavy (non-hydrogen) atoms. The fraction of sp³-hybridized carbons (Fsp3) is 0.143. The Hall–Kier alpha value is -0.820. The van der Waals surface area contributed by atoms with Crippen LogP contribution in [0.2, 0.25) is 5.02 Å². The summed E-state index contributed by atoms with van der Waals surface area (Å²) in [7, 11) is 0. The van der Waals surface area contributed by atoms with Crippen LogP contribution in [0.1, 0.15) is 5.56 Å². The summed E-state index contributed by atoms with van der Waals surface area (Å²) < 4.78 is 37.2. The molecule has 1 rings (SSSR count). The second-order valence-electron chi connectivity index (χ2n) is 2.54. The van der Waals surface area contributed by atoms with Crippen molar-refractivity contribution in [3.8, 4) is 0 Å². The zero-order chi connectivity index (χ0) is 11.8. The van der Waals surface area contributed by atoms with Gasteiger partial charge in [-0.3, -0.25) is 10.1 Å². The second-order valence-corrected chi connectivity index (χ2v) is 3.86. The van der Waals surface area contributed by atoms with Crippen molar-refractivity contribution < 1.29 is 18.1 Å². The maximum absolute atomic E-state index is 12.4. The van der Waals surface area contributed by atoms with Crippen molar-refractivity contribution in [1.82, 2.24) is 0 Å². The highest BCUT2D eigenvalue weighted by molar-refractivity contribution is 9.10. The number of nitro groups is 1. The maximum Gasteiger partial charge on any atom is 0.423 e. The molecule has 0 amide bonds. The van der Waals surface area contributed by atoms with Crippen LogP contribution in [0, 0.1) is 10.1 Å². The number of nitrogens with zero attached hydrogens (tertiary/aromatic N) is 1. The average Bonchev–Trinajstić information content (AvgIpc) is 1.99. The van der Waals surface area contributed by atoms with E-state index in [9.17, 15) is 23.3 Å². The first-order valence-corrected chi connectivity index (χ1v) is 4.61. The number of hydrogen-bond donors (Lipinski definition) is 0. The number of nitro benzene ring substituents is 1. The van der Waals surface area contributed by atoms with Gasteiger partial charge in [-0.1, -0.05) is 27.5 Å². The number of rotatable bonds is 1. The Morgan fingerprint density at radius 2 is 1.93 bits per heavy atom. The quantitative estimate of drug-likeness (QED) is 0.581. The summed E-state index contributed by atoms with van der Waals surface area (Å²) in [5, 5.41) is 9.85. The zero-order valence-corrected chi connectivity index (χ0v) is 9.15. The summed E-state index contributed by atoms with van der Waals surface area (Å²) in [5.74, 6) is 0. The van der Waals surface area contributed by atoms with E-state index in [1.54, 1.807) is 0 Å². The fourth-order valence-corrected chi connectivity index (χ4v) is 1.85. The Kier molecular flexibility index (Phi) is 3.25. The molecule has 0 aliphatic rings. The molecule has 0 saturated carbocycles. The third kappa shape index (κ3) is 2.60. The lowest BCUT2D eigenvalue weighted by Crippen LogP contribution is -2.09. The van der Waals surface area contributed by atoms with Gasteiger partial charge >= 0.3 is 6.18 Å². The molecule has 0 aromatic heterocycles. The van der Waals surface area contributed by atoms with Crippen molar-refractivity contribution in [2.24, 2.45) is 0 Å². The highest BCUT2D eigenvalue weighted by atomic mass is 79.9. The molecule has 0 bridgehead atoms. The smallest absolute Gasteiger partial charge is 0.258 e. The molecule has 82 valence electrons. The largest absolute Gasteiger partial charge is 0.423 e. The Morgan fingerprint density at radius 1 is 1.40 bits per heavy atom. The van der Waals surface area contributed by atoms with E-state index in [0.29, 0.717) is 6.07 Å². The topological polar surface area (TPSA) is 43.1 Å². The van der Waals surface area contributed by atoms with Gasteiger partial charge in [0.15, 0.2) is 0 Å². The van der Waals surface area contributed by atoms with Crippen LogP contribution in [0.15, 0.2) is 16.6 Å². The molecule has 3 nitrogen and oxygen atoms in total. The van der Waals surface area contributed by atoms with E-state index in [-0.39, 0.29) is 4.47 Å². The molecule has 0 N–H and O–H groups in total. The molecule has 0 aliphatic heterocycles. The van der Waals surface area contributed by atoms with Gasteiger partial charge in [0.05, 0.1) is 4.92 Å². The monoisotopic (exact) mass is 303 g/mol. The Morgan fingerprint density at radius 3 is 2.33 bits per heavy atom. The predicted molar refractivity (Wildman–Crippen MR) is 50.8 cm³/mol. The van der Waals surface area contributed by atoms with E-state index in [1.807, 2.05) is 0 Å². The van der Waals surface area contributed by atoms with Crippen molar-refractivity contribution >= 4 is 33.2 Å². The normalized spacial score (nSPS) is 11.5. The summed E-state index contributed by atoms with van der Waals surface area (Å²) in [6, 6.07) is 1.65. The molecule has 0 fully saturated rings. The highest BCUT2D eigenvalue weighted by Gasteiger charge is 2.40. The van der Waals surface area contributed by atoms with Crippen molar-refractivity contribution in [2.75, 3.05) is 0 Å². The van der Waals surface area contributed by atoms with Gasteiger partial charge in [0, 0.05) is 4.47 Å². The van der Waals surface area contributed by atoms with Gasteiger partial charge in [-0.05, 0) is 12.1 Å². The summed E-state index contributed by atoms with van der Waals surface area (Å²) in [6.07, 6.45) is -4.81. The first-order chi connectivity index (χ1) is 6.73. The van der Waals surface area contributed by atoms with Crippen LogP contribution in [0.5, 0.6) is 0 Å². The van der Waals surface area contributed by atoms with Crippen LogP contribution in [-0.4, -0.2) is 4.92 Å². The molecular weight excluding hydrogens is 302 g/mol. The zero-order valence-electron chi connectivity index (χ0n) is 6.81. The first-order valence-electron chi connectivity index (χ1n) is 3.44. The van der Waals surface area contributed by atoms with Gasteiger partial charge in [-0.15, -0.1) is 0 Å². The molecule has 0 spiro atoms. The van der Waals surface area contributed by atoms with E-state index < -0.39 is 27.4 Å². The molecule has 8 heteroatoms. The first kappa shape index (κ1) is 12.3. The van der Waals surface area contributed by atoms with Gasteiger partial charge in [0.1, 0.15) is 10.6 Å². The van der Waals surface area contributed by atoms with E-state index in [2.05, 4.69) is 15.9 Å². The molecule has 1 aromatic rings. The number of benzene rings is 1. The van der Waals surface area contributed by atoms with Crippen LogP contribution >= 0.6 is 27.5 Å². The second kappa shape index (κ2) is 3.97.